The molecule has 3 heterocycles. The maximum absolute atomic E-state index is 13.1. The number of morpholine rings is 1. The molecule has 3 aliphatic rings. The van der Waals surface area contributed by atoms with Crippen molar-refractivity contribution in [2.45, 2.75) is 43.7 Å². The van der Waals surface area contributed by atoms with E-state index in [0.29, 0.717) is 42.4 Å². The van der Waals surface area contributed by atoms with Crippen LogP contribution < -0.4 is 0 Å². The predicted octanol–water partition coefficient (Wildman–Crippen LogP) is 1.02. The van der Waals surface area contributed by atoms with Crippen molar-refractivity contribution in [2.24, 2.45) is 11.8 Å². The number of hydrogen-bond acceptors (Lipinski definition) is 5. The molecule has 4 rings (SSSR count). The molecule has 0 aromatic carbocycles. The molecule has 0 radical (unpaired) electrons. The third-order valence-corrected chi connectivity index (χ3v) is 7.82. The third-order valence-electron chi connectivity index (χ3n) is 6.03. The molecule has 25 heavy (non-hydrogen) atoms. The Morgan fingerprint density at radius 1 is 1.20 bits per heavy atom. The molecule has 8 heteroatoms. The van der Waals surface area contributed by atoms with Crippen molar-refractivity contribution in [3.05, 3.63) is 12.4 Å². The average Bonchev–Trinajstić information content (AvgIpc) is 3.11. The minimum absolute atomic E-state index is 0.331. The largest absolute Gasteiger partial charge is 0.379 e. The molecule has 1 aromatic rings. The zero-order chi connectivity index (χ0) is 17.4. The summed E-state index contributed by atoms with van der Waals surface area (Å²) >= 11 is 0. The minimum atomic E-state index is -3.44. The molecule has 0 unspecified atom stereocenters. The van der Waals surface area contributed by atoms with Crippen LogP contribution in [0.25, 0.3) is 0 Å². The van der Waals surface area contributed by atoms with Crippen LogP contribution in [0.4, 0.5) is 0 Å². The lowest BCUT2D eigenvalue weighted by atomic mass is 9.73. The maximum atomic E-state index is 13.1. The van der Waals surface area contributed by atoms with Crippen molar-refractivity contribution >= 4 is 10.0 Å². The van der Waals surface area contributed by atoms with Crippen LogP contribution in [0.15, 0.2) is 17.3 Å². The van der Waals surface area contributed by atoms with Gasteiger partial charge in [-0.3, -0.25) is 9.58 Å². The number of rotatable bonds is 4. The molecule has 2 saturated heterocycles. The van der Waals surface area contributed by atoms with Gasteiger partial charge in [-0.2, -0.15) is 9.40 Å². The van der Waals surface area contributed by atoms with E-state index in [2.05, 4.69) is 10.00 Å². The molecular formula is C17H28N4O3S. The Balaban J connectivity index is 1.54. The highest BCUT2D eigenvalue weighted by atomic mass is 32.2. The topological polar surface area (TPSA) is 67.7 Å². The Kier molecular flexibility index (Phi) is 4.87. The summed E-state index contributed by atoms with van der Waals surface area (Å²) in [4.78, 5) is 2.88. The second-order valence-electron chi connectivity index (χ2n) is 7.44. The van der Waals surface area contributed by atoms with Crippen molar-refractivity contribution in [1.82, 2.24) is 19.0 Å². The van der Waals surface area contributed by atoms with Crippen molar-refractivity contribution in [1.29, 1.82) is 0 Å². The van der Waals surface area contributed by atoms with E-state index in [9.17, 15) is 8.42 Å². The Hall–Kier alpha value is -0.960. The van der Waals surface area contributed by atoms with E-state index < -0.39 is 10.0 Å². The van der Waals surface area contributed by atoms with Gasteiger partial charge in [0.25, 0.3) is 0 Å². The molecular weight excluding hydrogens is 340 g/mol. The summed E-state index contributed by atoms with van der Waals surface area (Å²) in [6.07, 6.45) is 6.61. The zero-order valence-corrected chi connectivity index (χ0v) is 15.7. The first-order valence-electron chi connectivity index (χ1n) is 9.44. The van der Waals surface area contributed by atoms with Gasteiger partial charge in [-0.1, -0.05) is 6.42 Å². The van der Waals surface area contributed by atoms with Gasteiger partial charge in [0.05, 0.1) is 19.4 Å². The van der Waals surface area contributed by atoms with Crippen molar-refractivity contribution in [3.8, 4) is 0 Å². The van der Waals surface area contributed by atoms with Gasteiger partial charge < -0.3 is 4.74 Å². The van der Waals surface area contributed by atoms with Crippen LogP contribution in [0.3, 0.4) is 0 Å². The van der Waals surface area contributed by atoms with E-state index in [-0.39, 0.29) is 0 Å². The van der Waals surface area contributed by atoms with Gasteiger partial charge >= 0.3 is 0 Å². The SMILES string of the molecule is CCn1cc(S(=O)(=O)N2C[C@H]3CCC[C@H](C2)C3N2CCOCC2)cn1. The second-order valence-corrected chi connectivity index (χ2v) is 9.38. The average molecular weight is 369 g/mol. The van der Waals surface area contributed by atoms with Crippen LogP contribution in [0.1, 0.15) is 26.2 Å². The first-order valence-corrected chi connectivity index (χ1v) is 10.9. The molecule has 2 atom stereocenters. The molecule has 2 bridgehead atoms. The van der Waals surface area contributed by atoms with Gasteiger partial charge in [-0.05, 0) is 31.6 Å². The number of piperidine rings is 1. The standard InChI is InChI=1S/C17H28N4O3S/c1-2-20-13-16(10-18-20)25(22,23)21-11-14-4-3-5-15(12-21)17(14)19-6-8-24-9-7-19/h10,13-15,17H,2-9,11-12H2,1H3/t14-,15-/m1/s1. The lowest BCUT2D eigenvalue weighted by Crippen LogP contribution is -2.60. The fourth-order valence-corrected chi connectivity index (χ4v) is 6.34. The smallest absolute Gasteiger partial charge is 0.246 e. The summed E-state index contributed by atoms with van der Waals surface area (Å²) in [5.74, 6) is 0.864. The first-order chi connectivity index (χ1) is 12.1. The number of hydrogen-bond donors (Lipinski definition) is 0. The monoisotopic (exact) mass is 368 g/mol. The number of aryl methyl sites for hydroxylation is 1. The van der Waals surface area contributed by atoms with E-state index >= 15 is 0 Å². The molecule has 0 amide bonds. The normalized spacial score (nSPS) is 32.0. The van der Waals surface area contributed by atoms with Crippen LogP contribution >= 0.6 is 0 Å². The molecule has 0 N–H and O–H groups in total. The molecule has 1 saturated carbocycles. The van der Waals surface area contributed by atoms with Crippen LogP contribution in [0, 0.1) is 11.8 Å². The van der Waals surface area contributed by atoms with Crippen LogP contribution in [-0.2, 0) is 21.3 Å². The number of sulfonamides is 1. The summed E-state index contributed by atoms with van der Waals surface area (Å²) in [5.41, 5.74) is 0. The number of aromatic nitrogens is 2. The van der Waals surface area contributed by atoms with Gasteiger partial charge in [0, 0.05) is 45.0 Å². The second kappa shape index (κ2) is 6.98. The number of ether oxygens (including phenoxy) is 1. The molecule has 2 aliphatic heterocycles. The molecule has 1 aromatic heterocycles. The lowest BCUT2D eigenvalue weighted by Gasteiger charge is -2.51. The van der Waals surface area contributed by atoms with E-state index in [4.69, 9.17) is 4.74 Å². The van der Waals surface area contributed by atoms with E-state index in [1.807, 2.05) is 6.92 Å². The van der Waals surface area contributed by atoms with E-state index in [0.717, 1.165) is 39.1 Å². The van der Waals surface area contributed by atoms with Crippen molar-refractivity contribution in [3.63, 3.8) is 0 Å². The lowest BCUT2D eigenvalue weighted by molar-refractivity contribution is -0.0480. The fourth-order valence-electron chi connectivity index (χ4n) is 4.83. The van der Waals surface area contributed by atoms with Crippen LogP contribution in [0.2, 0.25) is 0 Å². The van der Waals surface area contributed by atoms with Gasteiger partial charge in [0.1, 0.15) is 4.90 Å². The zero-order valence-electron chi connectivity index (χ0n) is 14.9. The molecule has 140 valence electrons. The Morgan fingerprint density at radius 3 is 2.48 bits per heavy atom. The first kappa shape index (κ1) is 17.5. The molecule has 1 aliphatic carbocycles. The minimum Gasteiger partial charge on any atom is -0.379 e. The summed E-state index contributed by atoms with van der Waals surface area (Å²) in [6.45, 7) is 7.47. The number of fused-ring (bicyclic) bond motifs is 2. The van der Waals surface area contributed by atoms with Gasteiger partial charge in [0.15, 0.2) is 0 Å². The summed E-state index contributed by atoms with van der Waals surface area (Å²) < 4.78 is 35.0. The fraction of sp³-hybridized carbons (Fsp3) is 0.824. The van der Waals surface area contributed by atoms with Gasteiger partial charge in [0.2, 0.25) is 10.0 Å². The maximum Gasteiger partial charge on any atom is 0.246 e. The Labute approximate surface area is 150 Å². The van der Waals surface area contributed by atoms with E-state index in [1.165, 1.54) is 12.6 Å². The van der Waals surface area contributed by atoms with Gasteiger partial charge in [-0.15, -0.1) is 0 Å². The van der Waals surface area contributed by atoms with E-state index in [1.54, 1.807) is 15.2 Å². The summed E-state index contributed by atoms with van der Waals surface area (Å²) in [6, 6.07) is 0.516. The highest BCUT2D eigenvalue weighted by molar-refractivity contribution is 7.89. The summed E-state index contributed by atoms with van der Waals surface area (Å²) in [7, 11) is -3.44. The molecule has 3 fully saturated rings. The van der Waals surface area contributed by atoms with Crippen LogP contribution in [0.5, 0.6) is 0 Å². The predicted molar refractivity (Wildman–Crippen MR) is 93.7 cm³/mol. The highest BCUT2D eigenvalue weighted by Crippen LogP contribution is 2.39. The Morgan fingerprint density at radius 2 is 1.88 bits per heavy atom. The quantitative estimate of drug-likeness (QED) is 0.794. The number of nitrogens with zero attached hydrogens (tertiary/aromatic N) is 4. The molecule has 7 nitrogen and oxygen atoms in total. The van der Waals surface area contributed by atoms with Gasteiger partial charge in [-0.25, -0.2) is 8.42 Å². The Bertz CT molecular complexity index is 685. The molecule has 0 spiro atoms. The van der Waals surface area contributed by atoms with Crippen LogP contribution in [-0.4, -0.2) is 72.8 Å². The van der Waals surface area contributed by atoms with Crippen molar-refractivity contribution in [2.75, 3.05) is 39.4 Å². The third kappa shape index (κ3) is 3.25. The highest BCUT2D eigenvalue weighted by Gasteiger charge is 2.45. The summed E-state index contributed by atoms with van der Waals surface area (Å²) in [5, 5.41) is 4.15. The van der Waals surface area contributed by atoms with Crippen molar-refractivity contribution < 1.29 is 13.2 Å².